The van der Waals surface area contributed by atoms with Crippen molar-refractivity contribution in [2.24, 2.45) is 0 Å². The molecule has 1 N–H and O–H groups in total. The van der Waals surface area contributed by atoms with Crippen molar-refractivity contribution >= 4 is 34.3 Å². The molecule has 2 aromatic heterocycles. The number of benzene rings is 1. The van der Waals surface area contributed by atoms with E-state index in [9.17, 15) is 0 Å². The largest absolute Gasteiger partial charge is 0.301 e. The summed E-state index contributed by atoms with van der Waals surface area (Å²) in [7, 11) is 0. The first-order valence-corrected chi connectivity index (χ1v) is 9.12. The van der Waals surface area contributed by atoms with Gasteiger partial charge in [0.15, 0.2) is 0 Å². The van der Waals surface area contributed by atoms with Gasteiger partial charge in [-0.1, -0.05) is 29.8 Å². The van der Waals surface area contributed by atoms with E-state index in [-0.39, 0.29) is 5.54 Å². The van der Waals surface area contributed by atoms with E-state index in [0.717, 1.165) is 22.1 Å². The van der Waals surface area contributed by atoms with E-state index in [1.807, 2.05) is 29.8 Å². The summed E-state index contributed by atoms with van der Waals surface area (Å²) in [5.41, 5.74) is 0.975. The topological polar surface area (TPSA) is 24.9 Å². The SMILES string of the molecule is CC(C)(NCc1ccc(-c2ccccc2Cl)s1)c1nccs1. The number of thiophene rings is 1. The molecule has 0 radical (unpaired) electrons. The number of hydrogen-bond acceptors (Lipinski definition) is 4. The Labute approximate surface area is 143 Å². The molecule has 2 nitrogen and oxygen atoms in total. The molecule has 0 bridgehead atoms. The molecular weight excluding hydrogens is 332 g/mol. The van der Waals surface area contributed by atoms with Gasteiger partial charge in [0.25, 0.3) is 0 Å². The van der Waals surface area contributed by atoms with Gasteiger partial charge in [-0.05, 0) is 32.0 Å². The molecule has 0 amide bonds. The Morgan fingerprint density at radius 2 is 2.00 bits per heavy atom. The molecule has 1 aromatic carbocycles. The van der Waals surface area contributed by atoms with E-state index in [4.69, 9.17) is 11.6 Å². The molecule has 0 atom stereocenters. The van der Waals surface area contributed by atoms with Crippen LogP contribution in [0, 0.1) is 0 Å². The van der Waals surface area contributed by atoms with E-state index in [0.29, 0.717) is 0 Å². The molecule has 0 aliphatic carbocycles. The summed E-state index contributed by atoms with van der Waals surface area (Å²) in [6.45, 7) is 5.14. The van der Waals surface area contributed by atoms with Gasteiger partial charge in [0.05, 0.1) is 5.54 Å². The third-order valence-electron chi connectivity index (χ3n) is 3.47. The van der Waals surface area contributed by atoms with E-state index in [2.05, 4.69) is 42.3 Å². The molecule has 5 heteroatoms. The van der Waals surface area contributed by atoms with Gasteiger partial charge in [0.2, 0.25) is 0 Å². The second kappa shape index (κ2) is 6.50. The minimum absolute atomic E-state index is 0.122. The first-order chi connectivity index (χ1) is 10.6. The van der Waals surface area contributed by atoms with Gasteiger partial charge < -0.3 is 5.32 Å². The van der Waals surface area contributed by atoms with Crippen molar-refractivity contribution in [2.45, 2.75) is 25.9 Å². The van der Waals surface area contributed by atoms with Gasteiger partial charge in [0.1, 0.15) is 5.01 Å². The van der Waals surface area contributed by atoms with Gasteiger partial charge in [-0.2, -0.15) is 0 Å². The maximum absolute atomic E-state index is 6.27. The number of halogens is 1. The lowest BCUT2D eigenvalue weighted by Crippen LogP contribution is -2.35. The molecule has 0 saturated carbocycles. The Kier molecular flexibility index (Phi) is 4.64. The predicted octanol–water partition coefficient (Wildman–Crippen LogP) is 5.55. The summed E-state index contributed by atoms with van der Waals surface area (Å²) in [6, 6.07) is 12.3. The lowest BCUT2D eigenvalue weighted by atomic mass is 10.1. The van der Waals surface area contributed by atoms with Gasteiger partial charge >= 0.3 is 0 Å². The van der Waals surface area contributed by atoms with Crippen molar-refractivity contribution < 1.29 is 0 Å². The first kappa shape index (κ1) is 15.7. The summed E-state index contributed by atoms with van der Waals surface area (Å²) >= 11 is 9.72. The Balaban J connectivity index is 1.72. The van der Waals surface area contributed by atoms with E-state index < -0.39 is 0 Å². The zero-order valence-corrected chi connectivity index (χ0v) is 14.9. The summed E-state index contributed by atoms with van der Waals surface area (Å²) in [4.78, 5) is 6.90. The van der Waals surface area contributed by atoms with Crippen molar-refractivity contribution in [3.05, 3.63) is 62.9 Å². The highest BCUT2D eigenvalue weighted by Gasteiger charge is 2.22. The molecule has 22 heavy (non-hydrogen) atoms. The average molecular weight is 349 g/mol. The first-order valence-electron chi connectivity index (χ1n) is 7.05. The summed E-state index contributed by atoms with van der Waals surface area (Å²) in [6.07, 6.45) is 1.85. The third-order valence-corrected chi connectivity index (χ3v) is 6.02. The van der Waals surface area contributed by atoms with Crippen molar-refractivity contribution in [2.75, 3.05) is 0 Å². The molecule has 114 valence electrons. The van der Waals surface area contributed by atoms with Crippen molar-refractivity contribution in [3.63, 3.8) is 0 Å². The van der Waals surface area contributed by atoms with Gasteiger partial charge in [-0.25, -0.2) is 4.98 Å². The average Bonchev–Trinajstić information content (AvgIpc) is 3.18. The number of thiazole rings is 1. The fourth-order valence-corrected chi connectivity index (χ4v) is 4.21. The minimum Gasteiger partial charge on any atom is -0.301 e. The maximum atomic E-state index is 6.27. The van der Waals surface area contributed by atoms with Crippen LogP contribution in [0.2, 0.25) is 5.02 Å². The van der Waals surface area contributed by atoms with Crippen LogP contribution in [0.5, 0.6) is 0 Å². The minimum atomic E-state index is -0.122. The fourth-order valence-electron chi connectivity index (χ4n) is 2.19. The molecule has 0 unspecified atom stereocenters. The van der Waals surface area contributed by atoms with Crippen LogP contribution in [-0.4, -0.2) is 4.98 Å². The van der Waals surface area contributed by atoms with Gasteiger partial charge in [-0.15, -0.1) is 22.7 Å². The molecule has 3 aromatic rings. The van der Waals surface area contributed by atoms with Gasteiger partial charge in [0, 0.05) is 38.5 Å². The van der Waals surface area contributed by atoms with Crippen molar-refractivity contribution in [1.82, 2.24) is 10.3 Å². The molecule has 3 rings (SSSR count). The van der Waals surface area contributed by atoms with Crippen molar-refractivity contribution in [3.8, 4) is 10.4 Å². The van der Waals surface area contributed by atoms with Crippen LogP contribution in [0.3, 0.4) is 0 Å². The highest BCUT2D eigenvalue weighted by Crippen LogP contribution is 2.33. The Hall–Kier alpha value is -1.20. The molecule has 0 fully saturated rings. The van der Waals surface area contributed by atoms with Crippen LogP contribution in [0.1, 0.15) is 23.7 Å². The summed E-state index contributed by atoms with van der Waals surface area (Å²) in [5.74, 6) is 0. The summed E-state index contributed by atoms with van der Waals surface area (Å²) in [5, 5.41) is 7.50. The number of rotatable bonds is 5. The number of nitrogens with zero attached hydrogens (tertiary/aromatic N) is 1. The zero-order chi connectivity index (χ0) is 15.6. The molecular formula is C17H17ClN2S2. The Bertz CT molecular complexity index is 748. The van der Waals surface area contributed by atoms with Crippen LogP contribution in [-0.2, 0) is 12.1 Å². The molecule has 0 aliphatic rings. The number of nitrogens with one attached hydrogen (secondary N) is 1. The molecule has 0 saturated heterocycles. The highest BCUT2D eigenvalue weighted by molar-refractivity contribution is 7.15. The second-order valence-electron chi connectivity index (χ2n) is 5.56. The van der Waals surface area contributed by atoms with Crippen LogP contribution >= 0.6 is 34.3 Å². The lowest BCUT2D eigenvalue weighted by molar-refractivity contribution is 0.401. The molecule has 0 spiro atoms. The standard InChI is InChI=1S/C17H17ClN2S2/c1-17(2,16-19-9-10-21-16)20-11-12-7-8-15(22-12)13-5-3-4-6-14(13)18/h3-10,20H,11H2,1-2H3. The van der Waals surface area contributed by atoms with E-state index in [1.54, 1.807) is 22.7 Å². The Morgan fingerprint density at radius 3 is 2.73 bits per heavy atom. The predicted molar refractivity (Wildman–Crippen MR) is 96.7 cm³/mol. The van der Waals surface area contributed by atoms with Crippen LogP contribution in [0.4, 0.5) is 0 Å². The fraction of sp³-hybridized carbons (Fsp3) is 0.235. The van der Waals surface area contributed by atoms with Crippen LogP contribution < -0.4 is 5.32 Å². The van der Waals surface area contributed by atoms with E-state index in [1.165, 1.54) is 9.75 Å². The normalized spacial score (nSPS) is 11.8. The zero-order valence-electron chi connectivity index (χ0n) is 12.5. The maximum Gasteiger partial charge on any atom is 0.112 e. The van der Waals surface area contributed by atoms with Gasteiger partial charge in [-0.3, -0.25) is 0 Å². The quantitative estimate of drug-likeness (QED) is 0.653. The highest BCUT2D eigenvalue weighted by atomic mass is 35.5. The van der Waals surface area contributed by atoms with E-state index >= 15 is 0 Å². The Morgan fingerprint density at radius 1 is 1.18 bits per heavy atom. The lowest BCUT2D eigenvalue weighted by Gasteiger charge is -2.23. The van der Waals surface area contributed by atoms with Crippen LogP contribution in [0.25, 0.3) is 10.4 Å². The van der Waals surface area contributed by atoms with Crippen molar-refractivity contribution in [1.29, 1.82) is 0 Å². The van der Waals surface area contributed by atoms with Crippen LogP contribution in [0.15, 0.2) is 48.0 Å². The molecule has 2 heterocycles. The number of hydrogen-bond donors (Lipinski definition) is 1. The third kappa shape index (κ3) is 3.41. The monoisotopic (exact) mass is 348 g/mol. The summed E-state index contributed by atoms with van der Waals surface area (Å²) < 4.78 is 0. The second-order valence-corrected chi connectivity index (χ2v) is 8.03. The number of aromatic nitrogens is 1. The smallest absolute Gasteiger partial charge is 0.112 e. The molecule has 0 aliphatic heterocycles.